The number of ether oxygens (including phenoxy) is 3. The van der Waals surface area contributed by atoms with Crippen molar-refractivity contribution in [3.05, 3.63) is 66.9 Å². The van der Waals surface area contributed by atoms with Crippen LogP contribution in [-0.2, 0) is 14.3 Å². The molecule has 2 aromatic carbocycles. The molecule has 9 nitrogen and oxygen atoms in total. The summed E-state index contributed by atoms with van der Waals surface area (Å²) in [4.78, 5) is 38.6. The van der Waals surface area contributed by atoms with Crippen LogP contribution >= 0.6 is 22.6 Å². The van der Waals surface area contributed by atoms with E-state index in [4.69, 9.17) is 14.2 Å². The van der Waals surface area contributed by atoms with Gasteiger partial charge >= 0.3 is 11.9 Å². The molecule has 0 fully saturated rings. The molecule has 0 N–H and O–H groups in total. The fraction of sp³-hybridized carbons (Fsp3) is 0.190. The van der Waals surface area contributed by atoms with E-state index in [1.165, 1.54) is 37.5 Å². The van der Waals surface area contributed by atoms with Crippen molar-refractivity contribution in [1.82, 2.24) is 0 Å². The van der Waals surface area contributed by atoms with Crippen LogP contribution in [0.2, 0.25) is 0 Å². The number of methoxy groups -OCH3 is 1. The highest BCUT2D eigenvalue weighted by Crippen LogP contribution is 2.35. The molecular weight excluding hydrogens is 519 g/mol. The molecule has 31 heavy (non-hydrogen) atoms. The van der Waals surface area contributed by atoms with Crippen LogP contribution in [-0.4, -0.2) is 29.9 Å². The monoisotopic (exact) mass is 536 g/mol. The Morgan fingerprint density at radius 3 is 2.61 bits per heavy atom. The van der Waals surface area contributed by atoms with Crippen LogP contribution < -0.4 is 9.47 Å². The van der Waals surface area contributed by atoms with Crippen molar-refractivity contribution in [2.45, 2.75) is 19.8 Å². The summed E-state index contributed by atoms with van der Waals surface area (Å²) >= 11 is 2.02. The maximum Gasteiger partial charge on any atom is 0.363 e. The summed E-state index contributed by atoms with van der Waals surface area (Å²) in [6.07, 6.45) is 2.47. The van der Waals surface area contributed by atoms with Crippen LogP contribution in [0, 0.1) is 13.7 Å². The molecule has 0 radical (unpaired) electrons. The first-order chi connectivity index (χ1) is 14.8. The lowest BCUT2D eigenvalue weighted by Crippen LogP contribution is -2.09. The Hall–Kier alpha value is -3.28. The number of carbonyl (C=O) groups excluding carboxylic acids is 2. The lowest BCUT2D eigenvalue weighted by Gasteiger charge is -2.12. The summed E-state index contributed by atoms with van der Waals surface area (Å²) in [5.74, 6) is -0.304. The number of cyclic esters (lactones) is 1. The summed E-state index contributed by atoms with van der Waals surface area (Å²) < 4.78 is 16.6. The fourth-order valence-corrected chi connectivity index (χ4v) is 3.44. The quantitative estimate of drug-likeness (QED) is 0.130. The van der Waals surface area contributed by atoms with E-state index in [9.17, 15) is 19.7 Å². The highest BCUT2D eigenvalue weighted by atomic mass is 127. The summed E-state index contributed by atoms with van der Waals surface area (Å²) in [6, 6.07) is 8.86. The van der Waals surface area contributed by atoms with Gasteiger partial charge in [-0.25, -0.2) is 9.79 Å². The van der Waals surface area contributed by atoms with Gasteiger partial charge in [-0.05, 0) is 64.9 Å². The van der Waals surface area contributed by atoms with Crippen molar-refractivity contribution in [1.29, 1.82) is 0 Å². The van der Waals surface area contributed by atoms with Gasteiger partial charge < -0.3 is 14.2 Å². The van der Waals surface area contributed by atoms with Crippen LogP contribution in [0.3, 0.4) is 0 Å². The summed E-state index contributed by atoms with van der Waals surface area (Å²) in [7, 11) is 1.45. The van der Waals surface area contributed by atoms with Gasteiger partial charge in [-0.15, -0.1) is 0 Å². The predicted molar refractivity (Wildman–Crippen MR) is 120 cm³/mol. The largest absolute Gasteiger partial charge is 0.493 e. The predicted octanol–water partition coefficient (Wildman–Crippen LogP) is 4.26. The van der Waals surface area contributed by atoms with Gasteiger partial charge in [0.2, 0.25) is 5.90 Å². The van der Waals surface area contributed by atoms with E-state index in [1.54, 1.807) is 12.1 Å². The van der Waals surface area contributed by atoms with E-state index in [-0.39, 0.29) is 29.7 Å². The molecule has 1 aliphatic heterocycles. The maximum atomic E-state index is 12.2. The minimum Gasteiger partial charge on any atom is -0.493 e. The summed E-state index contributed by atoms with van der Waals surface area (Å²) in [6.45, 7) is 1.88. The zero-order chi connectivity index (χ0) is 22.5. The topological polar surface area (TPSA) is 117 Å². The van der Waals surface area contributed by atoms with E-state index >= 15 is 0 Å². The second kappa shape index (κ2) is 9.69. The standard InChI is InChI=1S/C21H17IN2O7/c1-3-4-18(25)30-19-15(22)9-12(11-17(19)29-2)10-16-21(26)31-20(23-16)13-5-7-14(8-6-13)24(27)28/h5-11H,3-4H2,1-2H3/b16-10-. The lowest BCUT2D eigenvalue weighted by atomic mass is 10.1. The van der Waals surface area contributed by atoms with Crippen LogP contribution in [0.5, 0.6) is 11.5 Å². The van der Waals surface area contributed by atoms with Gasteiger partial charge in [0.1, 0.15) is 0 Å². The smallest absolute Gasteiger partial charge is 0.363 e. The van der Waals surface area contributed by atoms with Gasteiger partial charge in [-0.1, -0.05) is 6.92 Å². The van der Waals surface area contributed by atoms with E-state index in [1.807, 2.05) is 29.5 Å². The highest BCUT2D eigenvalue weighted by Gasteiger charge is 2.25. The van der Waals surface area contributed by atoms with E-state index in [0.717, 1.165) is 0 Å². The zero-order valence-corrected chi connectivity index (χ0v) is 18.7. The third-order valence-corrected chi connectivity index (χ3v) is 4.97. The number of carbonyl (C=O) groups is 2. The molecule has 1 heterocycles. The Balaban J connectivity index is 1.89. The third-order valence-electron chi connectivity index (χ3n) is 4.17. The molecule has 0 aliphatic carbocycles. The molecule has 160 valence electrons. The molecule has 0 saturated heterocycles. The molecule has 0 atom stereocenters. The number of nitro benzene ring substituents is 1. The minimum absolute atomic E-state index is 0.0536. The maximum absolute atomic E-state index is 12.2. The first-order valence-corrected chi connectivity index (χ1v) is 10.3. The van der Waals surface area contributed by atoms with Crippen LogP contribution in [0.25, 0.3) is 6.08 Å². The number of benzene rings is 2. The summed E-state index contributed by atoms with van der Waals surface area (Å²) in [5.41, 5.74) is 1.01. The summed E-state index contributed by atoms with van der Waals surface area (Å²) in [5, 5.41) is 10.8. The van der Waals surface area contributed by atoms with Crippen molar-refractivity contribution in [3.8, 4) is 11.5 Å². The van der Waals surface area contributed by atoms with Crippen molar-refractivity contribution in [3.63, 3.8) is 0 Å². The van der Waals surface area contributed by atoms with Crippen molar-refractivity contribution in [2.24, 2.45) is 4.99 Å². The fourth-order valence-electron chi connectivity index (χ4n) is 2.71. The van der Waals surface area contributed by atoms with Crippen molar-refractivity contribution in [2.75, 3.05) is 7.11 Å². The van der Waals surface area contributed by atoms with Crippen molar-refractivity contribution >= 4 is 52.2 Å². The Morgan fingerprint density at radius 1 is 1.29 bits per heavy atom. The lowest BCUT2D eigenvalue weighted by molar-refractivity contribution is -0.384. The van der Waals surface area contributed by atoms with Gasteiger partial charge in [0.25, 0.3) is 5.69 Å². The number of halogens is 1. The minimum atomic E-state index is -0.652. The molecule has 1 aliphatic rings. The zero-order valence-electron chi connectivity index (χ0n) is 16.6. The molecule has 0 bridgehead atoms. The van der Waals surface area contributed by atoms with E-state index in [2.05, 4.69) is 4.99 Å². The molecule has 0 saturated carbocycles. The third kappa shape index (κ3) is 5.26. The molecule has 0 unspecified atom stereocenters. The normalized spacial score (nSPS) is 14.2. The van der Waals surface area contributed by atoms with Crippen LogP contribution in [0.4, 0.5) is 5.69 Å². The Kier molecular flexibility index (Phi) is 7.00. The number of nitrogens with zero attached hydrogens (tertiary/aromatic N) is 2. The first kappa shape index (κ1) is 22.4. The Labute approximate surface area is 191 Å². The number of hydrogen-bond acceptors (Lipinski definition) is 8. The van der Waals surface area contributed by atoms with Gasteiger partial charge in [0, 0.05) is 24.1 Å². The average Bonchev–Trinajstić information content (AvgIpc) is 3.10. The second-order valence-electron chi connectivity index (χ2n) is 6.40. The SMILES string of the molecule is CCCC(=O)Oc1c(I)cc(/C=C2\N=C(c3ccc([N+](=O)[O-])cc3)OC2=O)cc1OC. The molecule has 0 aromatic heterocycles. The van der Waals surface area contributed by atoms with E-state index < -0.39 is 10.9 Å². The molecule has 3 rings (SSSR count). The van der Waals surface area contributed by atoms with Crippen molar-refractivity contribution < 1.29 is 28.7 Å². The molecule has 2 aromatic rings. The molecule has 0 amide bonds. The second-order valence-corrected chi connectivity index (χ2v) is 7.56. The van der Waals surface area contributed by atoms with Gasteiger partial charge in [0.15, 0.2) is 17.2 Å². The van der Waals surface area contributed by atoms with Crippen LogP contribution in [0.15, 0.2) is 47.1 Å². The van der Waals surface area contributed by atoms with Gasteiger partial charge in [0.05, 0.1) is 15.6 Å². The number of nitro groups is 1. The number of rotatable bonds is 7. The number of non-ortho nitro benzene ring substituents is 1. The molecule has 10 heteroatoms. The molecule has 0 spiro atoms. The number of esters is 2. The van der Waals surface area contributed by atoms with Crippen LogP contribution in [0.1, 0.15) is 30.9 Å². The Bertz CT molecular complexity index is 1110. The highest BCUT2D eigenvalue weighted by molar-refractivity contribution is 14.1. The van der Waals surface area contributed by atoms with Gasteiger partial charge in [-0.2, -0.15) is 0 Å². The molecular formula is C21H17IN2O7. The Morgan fingerprint density at radius 2 is 2.00 bits per heavy atom. The first-order valence-electron chi connectivity index (χ1n) is 9.18. The average molecular weight is 536 g/mol. The number of aliphatic imine (C=N–C) groups is 1. The van der Waals surface area contributed by atoms with Gasteiger partial charge in [-0.3, -0.25) is 14.9 Å². The van der Waals surface area contributed by atoms with E-state index in [0.29, 0.717) is 32.6 Å². The number of hydrogen-bond donors (Lipinski definition) is 0.